The van der Waals surface area contributed by atoms with Crippen LogP contribution >= 0.6 is 0 Å². The van der Waals surface area contributed by atoms with Crippen molar-refractivity contribution >= 4 is 11.6 Å². The zero-order chi connectivity index (χ0) is 14.7. The van der Waals surface area contributed by atoms with Crippen LogP contribution in [-0.4, -0.2) is 38.8 Å². The number of nitrogens with zero attached hydrogens (tertiary/aromatic N) is 4. The number of carbonyl (C=O) groups is 1. The van der Waals surface area contributed by atoms with Gasteiger partial charge in [-0.25, -0.2) is 0 Å². The summed E-state index contributed by atoms with van der Waals surface area (Å²) >= 11 is 0. The third-order valence-corrected chi connectivity index (χ3v) is 2.65. The summed E-state index contributed by atoms with van der Waals surface area (Å²) in [7, 11) is 1.44. The summed E-state index contributed by atoms with van der Waals surface area (Å²) in [6.45, 7) is 0. The fourth-order valence-corrected chi connectivity index (χ4v) is 1.68. The number of amides is 1. The molecule has 0 bridgehead atoms. The number of nitrogens with one attached hydrogen (secondary N) is 2. The molecule has 0 aliphatic rings. The maximum atomic E-state index is 12.0. The molecule has 0 fully saturated rings. The van der Waals surface area contributed by atoms with Gasteiger partial charge in [0.05, 0.1) is 13.2 Å². The number of rotatable bonds is 4. The van der Waals surface area contributed by atoms with E-state index in [9.17, 15) is 4.79 Å². The predicted molar refractivity (Wildman–Crippen MR) is 70.6 cm³/mol. The summed E-state index contributed by atoms with van der Waals surface area (Å²) in [5, 5.41) is 19.9. The lowest BCUT2D eigenvalue weighted by Crippen LogP contribution is -2.10. The highest BCUT2D eigenvalue weighted by atomic mass is 16.5. The summed E-state index contributed by atoms with van der Waals surface area (Å²) in [4.78, 5) is 12.0. The van der Waals surface area contributed by atoms with Crippen LogP contribution < -0.4 is 10.1 Å². The van der Waals surface area contributed by atoms with Gasteiger partial charge in [-0.05, 0) is 22.5 Å². The standard InChI is InChI=1S/C12H10N6O3/c1-20-10-6-9(21-16-10)12(19)13-8-4-2-3-7(5-8)11-14-17-18-15-11/h2-6H,1H3,(H,13,19)(H,14,15,17,18). The number of hydrogen-bond acceptors (Lipinski definition) is 7. The number of carbonyl (C=O) groups excluding carboxylic acids is 1. The Hall–Kier alpha value is -3.23. The molecule has 0 spiro atoms. The van der Waals surface area contributed by atoms with Crippen molar-refractivity contribution in [3.05, 3.63) is 36.1 Å². The lowest BCUT2D eigenvalue weighted by molar-refractivity contribution is 0.0987. The van der Waals surface area contributed by atoms with Crippen molar-refractivity contribution in [2.24, 2.45) is 0 Å². The van der Waals surface area contributed by atoms with Crippen LogP contribution in [0.25, 0.3) is 11.4 Å². The Morgan fingerprint density at radius 1 is 1.38 bits per heavy atom. The van der Waals surface area contributed by atoms with Crippen LogP contribution in [0, 0.1) is 0 Å². The summed E-state index contributed by atoms with van der Waals surface area (Å²) in [6, 6.07) is 8.42. The zero-order valence-corrected chi connectivity index (χ0v) is 10.9. The molecule has 3 rings (SSSR count). The monoisotopic (exact) mass is 286 g/mol. The summed E-state index contributed by atoms with van der Waals surface area (Å²) in [6.07, 6.45) is 0. The Labute approximate surface area is 118 Å². The molecular formula is C12H10N6O3. The van der Waals surface area contributed by atoms with Crippen molar-refractivity contribution < 1.29 is 14.1 Å². The van der Waals surface area contributed by atoms with Crippen molar-refractivity contribution in [3.8, 4) is 17.3 Å². The van der Waals surface area contributed by atoms with Gasteiger partial charge >= 0.3 is 0 Å². The fraction of sp³-hybridized carbons (Fsp3) is 0.0833. The summed E-state index contributed by atoms with van der Waals surface area (Å²) in [5.41, 5.74) is 1.29. The molecule has 21 heavy (non-hydrogen) atoms. The smallest absolute Gasteiger partial charge is 0.294 e. The van der Waals surface area contributed by atoms with Crippen LogP contribution in [0.2, 0.25) is 0 Å². The molecule has 9 heteroatoms. The van der Waals surface area contributed by atoms with E-state index in [1.165, 1.54) is 13.2 Å². The van der Waals surface area contributed by atoms with Gasteiger partial charge in [0, 0.05) is 11.3 Å². The van der Waals surface area contributed by atoms with E-state index >= 15 is 0 Å². The van der Waals surface area contributed by atoms with Crippen LogP contribution in [0.4, 0.5) is 5.69 Å². The van der Waals surface area contributed by atoms with E-state index in [1.54, 1.807) is 24.3 Å². The molecule has 3 aromatic rings. The quantitative estimate of drug-likeness (QED) is 0.737. The van der Waals surface area contributed by atoms with Crippen LogP contribution in [0.1, 0.15) is 10.6 Å². The first-order chi connectivity index (χ1) is 10.3. The molecule has 0 aliphatic carbocycles. The Bertz CT molecular complexity index is 752. The highest BCUT2D eigenvalue weighted by molar-refractivity contribution is 6.02. The van der Waals surface area contributed by atoms with Gasteiger partial charge in [-0.15, -0.1) is 10.2 Å². The Morgan fingerprint density at radius 2 is 2.29 bits per heavy atom. The van der Waals surface area contributed by atoms with E-state index < -0.39 is 5.91 Å². The average molecular weight is 286 g/mol. The van der Waals surface area contributed by atoms with Crippen LogP contribution in [0.5, 0.6) is 5.88 Å². The van der Waals surface area contributed by atoms with Gasteiger partial charge in [-0.3, -0.25) is 4.79 Å². The number of ether oxygens (including phenoxy) is 1. The van der Waals surface area contributed by atoms with Crippen molar-refractivity contribution in [1.29, 1.82) is 0 Å². The molecule has 106 valence electrons. The minimum Gasteiger partial charge on any atom is -0.479 e. The Morgan fingerprint density at radius 3 is 3.00 bits per heavy atom. The molecule has 0 radical (unpaired) electrons. The number of anilines is 1. The number of benzene rings is 1. The Balaban J connectivity index is 1.78. The first kappa shape index (κ1) is 12.8. The van der Waals surface area contributed by atoms with E-state index in [-0.39, 0.29) is 11.6 Å². The molecule has 2 aromatic heterocycles. The second-order valence-electron chi connectivity index (χ2n) is 4.00. The van der Waals surface area contributed by atoms with Gasteiger partial charge < -0.3 is 14.6 Å². The topological polar surface area (TPSA) is 119 Å². The first-order valence-corrected chi connectivity index (χ1v) is 5.92. The minimum atomic E-state index is -0.434. The van der Waals surface area contributed by atoms with Crippen molar-refractivity contribution in [2.75, 3.05) is 12.4 Å². The molecular weight excluding hydrogens is 276 g/mol. The highest BCUT2D eigenvalue weighted by Crippen LogP contribution is 2.19. The third-order valence-electron chi connectivity index (χ3n) is 2.65. The van der Waals surface area contributed by atoms with E-state index in [2.05, 4.69) is 31.1 Å². The third kappa shape index (κ3) is 2.71. The zero-order valence-electron chi connectivity index (χ0n) is 10.9. The molecule has 0 aliphatic heterocycles. The summed E-state index contributed by atoms with van der Waals surface area (Å²) in [5.74, 6) is 0.293. The lowest BCUT2D eigenvalue weighted by Gasteiger charge is -2.03. The number of aromatic amines is 1. The van der Waals surface area contributed by atoms with Gasteiger partial charge in [-0.1, -0.05) is 12.1 Å². The van der Waals surface area contributed by atoms with E-state index in [1.807, 2.05) is 0 Å². The first-order valence-electron chi connectivity index (χ1n) is 5.92. The average Bonchev–Trinajstić information content (AvgIpc) is 3.19. The molecule has 0 saturated heterocycles. The van der Waals surface area contributed by atoms with Crippen molar-refractivity contribution in [1.82, 2.24) is 25.8 Å². The normalized spacial score (nSPS) is 10.3. The van der Waals surface area contributed by atoms with Gasteiger partial charge in [0.1, 0.15) is 0 Å². The van der Waals surface area contributed by atoms with Crippen LogP contribution in [0.3, 0.4) is 0 Å². The minimum absolute atomic E-state index is 0.0526. The predicted octanol–water partition coefficient (Wildman–Crippen LogP) is 1.12. The number of methoxy groups -OCH3 is 1. The molecule has 0 saturated carbocycles. The Kier molecular flexibility index (Phi) is 3.29. The molecule has 1 amide bonds. The number of hydrogen-bond donors (Lipinski definition) is 2. The number of H-pyrrole nitrogens is 1. The van der Waals surface area contributed by atoms with Crippen LogP contribution in [0.15, 0.2) is 34.9 Å². The van der Waals surface area contributed by atoms with E-state index in [0.29, 0.717) is 11.5 Å². The second kappa shape index (κ2) is 5.41. The van der Waals surface area contributed by atoms with Gasteiger partial charge in [0.15, 0.2) is 0 Å². The molecule has 2 N–H and O–H groups in total. The maximum absolute atomic E-state index is 12.0. The molecule has 9 nitrogen and oxygen atoms in total. The van der Waals surface area contributed by atoms with Crippen LogP contribution in [-0.2, 0) is 0 Å². The fourth-order valence-electron chi connectivity index (χ4n) is 1.68. The van der Waals surface area contributed by atoms with E-state index in [4.69, 9.17) is 9.26 Å². The van der Waals surface area contributed by atoms with E-state index in [0.717, 1.165) is 5.56 Å². The van der Waals surface area contributed by atoms with Gasteiger partial charge in [0.25, 0.3) is 11.8 Å². The second-order valence-corrected chi connectivity index (χ2v) is 4.00. The molecule has 0 atom stereocenters. The molecule has 2 heterocycles. The lowest BCUT2D eigenvalue weighted by atomic mass is 10.2. The maximum Gasteiger partial charge on any atom is 0.294 e. The number of aromatic nitrogens is 5. The molecule has 1 aromatic carbocycles. The summed E-state index contributed by atoms with van der Waals surface area (Å²) < 4.78 is 9.72. The van der Waals surface area contributed by atoms with Crippen molar-refractivity contribution in [3.63, 3.8) is 0 Å². The van der Waals surface area contributed by atoms with Gasteiger partial charge in [0.2, 0.25) is 11.6 Å². The highest BCUT2D eigenvalue weighted by Gasteiger charge is 2.14. The van der Waals surface area contributed by atoms with Crippen molar-refractivity contribution in [2.45, 2.75) is 0 Å². The van der Waals surface area contributed by atoms with Gasteiger partial charge in [-0.2, -0.15) is 5.21 Å². The molecule has 0 unspecified atom stereocenters. The number of tetrazole rings is 1. The largest absolute Gasteiger partial charge is 0.479 e. The SMILES string of the molecule is COc1cc(C(=O)Nc2cccc(-c3nn[nH]n3)c2)on1.